The van der Waals surface area contributed by atoms with Crippen LogP contribution in [0, 0.1) is 6.92 Å². The molecule has 0 bridgehead atoms. The van der Waals surface area contributed by atoms with Gasteiger partial charge in [-0.3, -0.25) is 9.48 Å². The SMILES string of the molecule is COCCNCCC(=O)Nc1sc(C(C)N)c(C)c1-c1nc2cc(-c3cnn(C)c3)ccc2s1. The molecule has 4 aromatic rings. The van der Waals surface area contributed by atoms with Crippen molar-refractivity contribution in [1.29, 1.82) is 0 Å². The fraction of sp³-hybridized carbons (Fsp3) is 0.375. The molecule has 0 spiro atoms. The van der Waals surface area contributed by atoms with E-state index >= 15 is 0 Å². The number of nitrogens with two attached hydrogens (primary N) is 1. The number of aromatic nitrogens is 3. The Hall–Kier alpha value is -2.63. The molecule has 4 N–H and O–H groups in total. The van der Waals surface area contributed by atoms with Crippen LogP contribution in [0.1, 0.15) is 29.8 Å². The standard InChI is InChI=1S/C24H30N6O2S2/c1-14-21(24(34-22(14)15(2)25)29-20(31)7-8-26-9-10-32-4)23-28-18-11-16(5-6-19(18)33-23)17-12-27-30(3)13-17/h5-6,11-13,15,26H,7-10,25H2,1-4H3,(H,29,31). The number of fused-ring (bicyclic) bond motifs is 1. The van der Waals surface area contributed by atoms with Crippen molar-refractivity contribution in [3.8, 4) is 21.7 Å². The summed E-state index contributed by atoms with van der Waals surface area (Å²) in [7, 11) is 3.57. The van der Waals surface area contributed by atoms with Gasteiger partial charge in [0, 0.05) is 61.9 Å². The Balaban J connectivity index is 1.62. The van der Waals surface area contributed by atoms with Gasteiger partial charge in [-0.2, -0.15) is 5.10 Å². The number of nitrogens with one attached hydrogen (secondary N) is 2. The molecule has 3 aromatic heterocycles. The monoisotopic (exact) mass is 498 g/mol. The summed E-state index contributed by atoms with van der Waals surface area (Å²) in [6.07, 6.45) is 4.22. The molecule has 3 heterocycles. The van der Waals surface area contributed by atoms with Gasteiger partial charge < -0.3 is 21.1 Å². The van der Waals surface area contributed by atoms with E-state index in [0.29, 0.717) is 26.1 Å². The average molecular weight is 499 g/mol. The van der Waals surface area contributed by atoms with Crippen molar-refractivity contribution in [1.82, 2.24) is 20.1 Å². The second kappa shape index (κ2) is 10.7. The summed E-state index contributed by atoms with van der Waals surface area (Å²) < 4.78 is 7.91. The normalized spacial score (nSPS) is 12.4. The Bertz CT molecular complexity index is 1290. The maximum absolute atomic E-state index is 12.7. The molecule has 1 unspecified atom stereocenters. The number of hydrogen-bond acceptors (Lipinski definition) is 8. The maximum atomic E-state index is 12.7. The zero-order chi connectivity index (χ0) is 24.2. The predicted octanol–water partition coefficient (Wildman–Crippen LogP) is 4.32. The van der Waals surface area contributed by atoms with Crippen LogP contribution in [0.15, 0.2) is 30.6 Å². The molecule has 1 atom stereocenters. The van der Waals surface area contributed by atoms with Crippen molar-refractivity contribution in [3.05, 3.63) is 41.0 Å². The lowest BCUT2D eigenvalue weighted by Crippen LogP contribution is -2.24. The molecule has 10 heteroatoms. The van der Waals surface area contributed by atoms with Crippen LogP contribution in [0.4, 0.5) is 5.00 Å². The van der Waals surface area contributed by atoms with Crippen molar-refractivity contribution in [2.45, 2.75) is 26.3 Å². The number of carbonyl (C=O) groups excluding carboxylic acids is 1. The summed E-state index contributed by atoms with van der Waals surface area (Å²) in [5, 5.41) is 12.3. The number of rotatable bonds is 10. The number of thiazole rings is 1. The van der Waals surface area contributed by atoms with Crippen LogP contribution in [0.25, 0.3) is 31.9 Å². The molecule has 0 aliphatic rings. The predicted molar refractivity (Wildman–Crippen MR) is 140 cm³/mol. The van der Waals surface area contributed by atoms with Gasteiger partial charge in [0.25, 0.3) is 0 Å². The Morgan fingerprint density at radius 1 is 1.26 bits per heavy atom. The van der Waals surface area contributed by atoms with Crippen LogP contribution in [0.3, 0.4) is 0 Å². The lowest BCUT2D eigenvalue weighted by atomic mass is 10.1. The summed E-state index contributed by atoms with van der Waals surface area (Å²) >= 11 is 3.16. The first-order valence-corrected chi connectivity index (χ1v) is 12.8. The Morgan fingerprint density at radius 2 is 2.09 bits per heavy atom. The summed E-state index contributed by atoms with van der Waals surface area (Å²) in [4.78, 5) is 18.7. The molecule has 0 aliphatic carbocycles. The zero-order valence-corrected chi connectivity index (χ0v) is 21.5. The van der Waals surface area contributed by atoms with Gasteiger partial charge in [-0.05, 0) is 37.1 Å². The van der Waals surface area contributed by atoms with Gasteiger partial charge in [-0.25, -0.2) is 4.98 Å². The largest absolute Gasteiger partial charge is 0.383 e. The summed E-state index contributed by atoms with van der Waals surface area (Å²) in [5.74, 6) is -0.0383. The van der Waals surface area contributed by atoms with Crippen LogP contribution < -0.4 is 16.4 Å². The zero-order valence-electron chi connectivity index (χ0n) is 19.8. The summed E-state index contributed by atoms with van der Waals surface area (Å²) in [6.45, 7) is 5.95. The van der Waals surface area contributed by atoms with Gasteiger partial charge in [0.05, 0.1) is 23.0 Å². The first-order chi connectivity index (χ1) is 16.4. The highest BCUT2D eigenvalue weighted by Gasteiger charge is 2.23. The average Bonchev–Trinajstić information content (AvgIpc) is 3.49. The minimum Gasteiger partial charge on any atom is -0.383 e. The molecule has 0 saturated heterocycles. The van der Waals surface area contributed by atoms with E-state index in [-0.39, 0.29) is 11.9 Å². The van der Waals surface area contributed by atoms with E-state index < -0.39 is 0 Å². The van der Waals surface area contributed by atoms with E-state index in [1.165, 1.54) is 11.3 Å². The molecule has 1 amide bonds. The first kappa shape index (κ1) is 24.5. The van der Waals surface area contributed by atoms with E-state index in [4.69, 9.17) is 15.5 Å². The highest BCUT2D eigenvalue weighted by Crippen LogP contribution is 2.45. The van der Waals surface area contributed by atoms with Gasteiger partial charge in [0.2, 0.25) is 5.91 Å². The highest BCUT2D eigenvalue weighted by molar-refractivity contribution is 7.23. The molecule has 8 nitrogen and oxygen atoms in total. The van der Waals surface area contributed by atoms with Gasteiger partial charge in [-0.1, -0.05) is 6.07 Å². The summed E-state index contributed by atoms with van der Waals surface area (Å²) in [6, 6.07) is 6.15. The number of carbonyl (C=O) groups is 1. The van der Waals surface area contributed by atoms with Gasteiger partial charge >= 0.3 is 0 Å². The lowest BCUT2D eigenvalue weighted by Gasteiger charge is -2.07. The Kier molecular flexibility index (Phi) is 7.74. The minimum absolute atomic E-state index is 0.0383. The molecular weight excluding hydrogens is 468 g/mol. The van der Waals surface area contributed by atoms with Gasteiger partial charge in [0.15, 0.2) is 0 Å². The number of hydrogen-bond donors (Lipinski definition) is 3. The molecule has 0 aliphatic heterocycles. The van der Waals surface area contributed by atoms with Crippen LogP contribution in [0.5, 0.6) is 0 Å². The molecule has 0 saturated carbocycles. The molecule has 4 rings (SSSR count). The number of aryl methyl sites for hydroxylation is 1. The van der Waals surface area contributed by atoms with Crippen LogP contribution in [0.2, 0.25) is 0 Å². The van der Waals surface area contributed by atoms with Crippen molar-refractivity contribution in [2.75, 3.05) is 32.1 Å². The molecular formula is C24H30N6O2S2. The number of ether oxygens (including phenoxy) is 1. The van der Waals surface area contributed by atoms with Gasteiger partial charge in [0.1, 0.15) is 10.0 Å². The third kappa shape index (κ3) is 5.37. The maximum Gasteiger partial charge on any atom is 0.226 e. The van der Waals surface area contributed by atoms with Crippen LogP contribution in [-0.4, -0.2) is 47.5 Å². The van der Waals surface area contributed by atoms with Crippen molar-refractivity contribution < 1.29 is 9.53 Å². The number of amides is 1. The number of nitrogens with zero attached hydrogens (tertiary/aromatic N) is 3. The molecule has 1 aromatic carbocycles. The van der Waals surface area contributed by atoms with Gasteiger partial charge in [-0.15, -0.1) is 22.7 Å². The fourth-order valence-corrected chi connectivity index (χ4v) is 6.08. The Morgan fingerprint density at radius 3 is 2.79 bits per heavy atom. The van der Waals surface area contributed by atoms with Crippen LogP contribution in [-0.2, 0) is 16.6 Å². The highest BCUT2D eigenvalue weighted by atomic mass is 32.1. The van der Waals surface area contributed by atoms with E-state index in [2.05, 4.69) is 40.9 Å². The molecule has 180 valence electrons. The third-order valence-electron chi connectivity index (χ3n) is 5.50. The lowest BCUT2D eigenvalue weighted by molar-refractivity contribution is -0.116. The van der Waals surface area contributed by atoms with Crippen molar-refractivity contribution in [3.63, 3.8) is 0 Å². The first-order valence-electron chi connectivity index (χ1n) is 11.2. The van der Waals surface area contributed by atoms with E-state index in [0.717, 1.165) is 47.4 Å². The molecule has 34 heavy (non-hydrogen) atoms. The summed E-state index contributed by atoms with van der Waals surface area (Å²) in [5.41, 5.74) is 11.3. The quantitative estimate of drug-likeness (QED) is 0.281. The smallest absolute Gasteiger partial charge is 0.226 e. The van der Waals surface area contributed by atoms with E-state index in [1.54, 1.807) is 23.1 Å². The number of methoxy groups -OCH3 is 1. The van der Waals surface area contributed by atoms with E-state index in [9.17, 15) is 4.79 Å². The second-order valence-corrected chi connectivity index (χ2v) is 10.3. The van der Waals surface area contributed by atoms with Crippen LogP contribution >= 0.6 is 22.7 Å². The van der Waals surface area contributed by atoms with Crippen molar-refractivity contribution in [2.24, 2.45) is 12.8 Å². The number of thiophene rings is 1. The van der Waals surface area contributed by atoms with Crippen molar-refractivity contribution >= 4 is 43.8 Å². The minimum atomic E-state index is -0.128. The topological polar surface area (TPSA) is 107 Å². The second-order valence-electron chi connectivity index (χ2n) is 8.23. The third-order valence-corrected chi connectivity index (χ3v) is 7.96. The number of benzene rings is 1. The molecule has 0 radical (unpaired) electrons. The fourth-order valence-electron chi connectivity index (χ4n) is 3.79. The number of anilines is 1. The Labute approximate surface area is 207 Å². The molecule has 0 fully saturated rings. The van der Waals surface area contributed by atoms with E-state index in [1.807, 2.05) is 26.4 Å².